The number of hydrogen-bond donors (Lipinski definition) is 2. The summed E-state index contributed by atoms with van der Waals surface area (Å²) >= 11 is 0. The van der Waals surface area contributed by atoms with Crippen molar-refractivity contribution in [2.24, 2.45) is 0 Å². The first-order valence-electron chi connectivity index (χ1n) is 13.7. The van der Waals surface area contributed by atoms with Crippen LogP contribution < -0.4 is 5.32 Å². The number of aromatic nitrogens is 1. The summed E-state index contributed by atoms with van der Waals surface area (Å²) in [6, 6.07) is 22.0. The Labute approximate surface area is 227 Å². The zero-order valence-corrected chi connectivity index (χ0v) is 22.6. The molecule has 1 aromatic heterocycles. The summed E-state index contributed by atoms with van der Waals surface area (Å²) < 4.78 is 0. The average Bonchev–Trinajstić information content (AvgIpc) is 2.95. The molecule has 0 atom stereocenters. The molecule has 1 fully saturated rings. The first-order chi connectivity index (χ1) is 18.5. The van der Waals surface area contributed by atoms with E-state index in [4.69, 9.17) is 0 Å². The van der Waals surface area contributed by atoms with Gasteiger partial charge in [-0.05, 0) is 50.4 Å². The number of carbonyl (C=O) groups excluding carboxylic acids is 1. The number of carbonyl (C=O) groups is 1. The summed E-state index contributed by atoms with van der Waals surface area (Å²) in [6.07, 6.45) is 7.89. The number of piperazine rings is 1. The molecule has 1 aliphatic rings. The van der Waals surface area contributed by atoms with E-state index in [1.165, 1.54) is 23.4 Å². The monoisotopic (exact) mass is 512 g/mol. The fourth-order valence-electron chi connectivity index (χ4n) is 5.18. The third-order valence-corrected chi connectivity index (χ3v) is 7.41. The lowest BCUT2D eigenvalue weighted by atomic mass is 9.96. The van der Waals surface area contributed by atoms with Crippen molar-refractivity contribution in [3.8, 4) is 5.75 Å². The summed E-state index contributed by atoms with van der Waals surface area (Å²) in [7, 11) is 0. The van der Waals surface area contributed by atoms with Crippen LogP contribution in [0.2, 0.25) is 0 Å². The largest absolute Gasteiger partial charge is 0.506 e. The molecule has 200 valence electrons. The second-order valence-electron chi connectivity index (χ2n) is 10.1. The highest BCUT2D eigenvalue weighted by molar-refractivity contribution is 5.92. The lowest BCUT2D eigenvalue weighted by Crippen LogP contribution is -2.48. The van der Waals surface area contributed by atoms with Crippen LogP contribution in [0.4, 0.5) is 0 Å². The number of pyridine rings is 1. The van der Waals surface area contributed by atoms with Crippen LogP contribution in [0.25, 0.3) is 6.08 Å². The summed E-state index contributed by atoms with van der Waals surface area (Å²) in [5.74, 6) is 0.0268. The Kier molecular flexibility index (Phi) is 10.1. The van der Waals surface area contributed by atoms with Crippen LogP contribution in [0.3, 0.4) is 0 Å². The minimum Gasteiger partial charge on any atom is -0.506 e. The Hall–Kier alpha value is -3.48. The molecule has 1 saturated heterocycles. The van der Waals surface area contributed by atoms with E-state index in [0.29, 0.717) is 12.6 Å². The topological polar surface area (TPSA) is 68.7 Å². The number of nitrogens with zero attached hydrogens (tertiary/aromatic N) is 3. The van der Waals surface area contributed by atoms with Crippen molar-refractivity contribution in [2.45, 2.75) is 39.2 Å². The van der Waals surface area contributed by atoms with E-state index >= 15 is 0 Å². The van der Waals surface area contributed by atoms with Gasteiger partial charge in [-0.3, -0.25) is 14.7 Å². The Morgan fingerprint density at radius 2 is 1.58 bits per heavy atom. The van der Waals surface area contributed by atoms with E-state index in [0.717, 1.165) is 68.8 Å². The van der Waals surface area contributed by atoms with Gasteiger partial charge in [0.25, 0.3) is 0 Å². The van der Waals surface area contributed by atoms with Gasteiger partial charge in [0.05, 0.1) is 12.2 Å². The average molecular weight is 513 g/mol. The lowest BCUT2D eigenvalue weighted by molar-refractivity contribution is -0.116. The van der Waals surface area contributed by atoms with Crippen molar-refractivity contribution in [3.63, 3.8) is 0 Å². The summed E-state index contributed by atoms with van der Waals surface area (Å²) in [5, 5.41) is 12.8. The van der Waals surface area contributed by atoms with Crippen molar-refractivity contribution in [3.05, 3.63) is 101 Å². The maximum atomic E-state index is 12.2. The molecule has 0 spiro atoms. The molecule has 1 aliphatic heterocycles. The summed E-state index contributed by atoms with van der Waals surface area (Å²) in [6.45, 7) is 9.76. The molecule has 2 aromatic carbocycles. The molecule has 0 saturated carbocycles. The third-order valence-electron chi connectivity index (χ3n) is 7.41. The van der Waals surface area contributed by atoms with Crippen LogP contribution in [-0.4, -0.2) is 65.1 Å². The molecular weight excluding hydrogens is 472 g/mol. The van der Waals surface area contributed by atoms with Crippen LogP contribution >= 0.6 is 0 Å². The van der Waals surface area contributed by atoms with Gasteiger partial charge in [-0.15, -0.1) is 0 Å². The SMILES string of the molecule is Cc1ncc(O)c(C)c1/C=C/C(=O)NCCCCCN1CCN(C(c2ccccc2)c2ccccc2)CC1. The maximum absolute atomic E-state index is 12.2. The zero-order chi connectivity index (χ0) is 26.7. The highest BCUT2D eigenvalue weighted by atomic mass is 16.3. The molecule has 0 radical (unpaired) electrons. The number of hydrogen-bond acceptors (Lipinski definition) is 5. The molecule has 38 heavy (non-hydrogen) atoms. The molecule has 0 bridgehead atoms. The molecule has 0 aliphatic carbocycles. The number of nitrogens with one attached hydrogen (secondary N) is 1. The maximum Gasteiger partial charge on any atom is 0.244 e. The Bertz CT molecular complexity index is 1150. The van der Waals surface area contributed by atoms with E-state index in [2.05, 4.69) is 80.8 Å². The van der Waals surface area contributed by atoms with Gasteiger partial charge in [-0.1, -0.05) is 67.1 Å². The first-order valence-corrected chi connectivity index (χ1v) is 13.7. The van der Waals surface area contributed by atoms with Crippen LogP contribution in [0.1, 0.15) is 53.3 Å². The van der Waals surface area contributed by atoms with Gasteiger partial charge >= 0.3 is 0 Å². The normalized spacial score (nSPS) is 14.8. The Morgan fingerprint density at radius 3 is 2.21 bits per heavy atom. The van der Waals surface area contributed by atoms with Crippen molar-refractivity contribution in [2.75, 3.05) is 39.3 Å². The highest BCUT2D eigenvalue weighted by Gasteiger charge is 2.26. The number of aromatic hydroxyl groups is 1. The summed E-state index contributed by atoms with van der Waals surface area (Å²) in [4.78, 5) is 21.5. The molecule has 6 nitrogen and oxygen atoms in total. The number of benzene rings is 2. The van der Waals surface area contributed by atoms with Crippen LogP contribution in [0.15, 0.2) is 72.9 Å². The predicted octanol–water partition coefficient (Wildman–Crippen LogP) is 5.11. The minimum absolute atomic E-state index is 0.116. The fourth-order valence-corrected chi connectivity index (χ4v) is 5.18. The van der Waals surface area contributed by atoms with Crippen LogP contribution in [0.5, 0.6) is 5.75 Å². The van der Waals surface area contributed by atoms with Crippen molar-refractivity contribution in [1.29, 1.82) is 0 Å². The van der Waals surface area contributed by atoms with Gasteiger partial charge in [0, 0.05) is 55.6 Å². The third kappa shape index (κ3) is 7.53. The van der Waals surface area contributed by atoms with Gasteiger partial charge < -0.3 is 15.3 Å². The molecule has 1 amide bonds. The standard InChI is InChI=1S/C32H40N4O2/c1-25-29(26(2)34-24-30(25)37)16-17-31(38)33-18-10-5-11-19-35-20-22-36(23-21-35)32(27-12-6-3-7-13-27)28-14-8-4-9-15-28/h3-4,6-9,12-17,24,32,37H,5,10-11,18-23H2,1-2H3,(H,33,38)/b17-16+. The molecule has 4 rings (SSSR count). The second-order valence-corrected chi connectivity index (χ2v) is 10.1. The van der Waals surface area contributed by atoms with Crippen LogP contribution in [0, 0.1) is 13.8 Å². The fraction of sp³-hybridized carbons (Fsp3) is 0.375. The molecule has 2 N–H and O–H groups in total. The highest BCUT2D eigenvalue weighted by Crippen LogP contribution is 2.29. The van der Waals surface area contributed by atoms with Gasteiger partial charge in [-0.2, -0.15) is 0 Å². The molecule has 6 heteroatoms. The molecule has 2 heterocycles. The van der Waals surface area contributed by atoms with E-state index in [9.17, 15) is 9.90 Å². The van der Waals surface area contributed by atoms with E-state index < -0.39 is 0 Å². The molecule has 0 unspecified atom stereocenters. The van der Waals surface area contributed by atoms with Gasteiger partial charge in [-0.25, -0.2) is 0 Å². The number of rotatable bonds is 11. The summed E-state index contributed by atoms with van der Waals surface area (Å²) in [5.41, 5.74) is 5.03. The van der Waals surface area contributed by atoms with Gasteiger partial charge in [0.15, 0.2) is 0 Å². The van der Waals surface area contributed by atoms with E-state index in [1.807, 2.05) is 13.8 Å². The Balaban J connectivity index is 1.15. The zero-order valence-electron chi connectivity index (χ0n) is 22.6. The minimum atomic E-state index is -0.116. The molecule has 3 aromatic rings. The quantitative estimate of drug-likeness (QED) is 0.276. The van der Waals surface area contributed by atoms with Gasteiger partial charge in [0.2, 0.25) is 5.91 Å². The van der Waals surface area contributed by atoms with E-state index in [-0.39, 0.29) is 11.7 Å². The number of unbranched alkanes of at least 4 members (excludes halogenated alkanes) is 2. The first kappa shape index (κ1) is 27.6. The van der Waals surface area contributed by atoms with Crippen molar-refractivity contribution >= 4 is 12.0 Å². The van der Waals surface area contributed by atoms with Crippen LogP contribution in [-0.2, 0) is 4.79 Å². The smallest absolute Gasteiger partial charge is 0.244 e. The molecular formula is C32H40N4O2. The number of amides is 1. The second kappa shape index (κ2) is 13.9. The Morgan fingerprint density at radius 1 is 0.947 bits per heavy atom. The van der Waals surface area contributed by atoms with E-state index in [1.54, 1.807) is 6.08 Å². The number of aryl methyl sites for hydroxylation is 1. The van der Waals surface area contributed by atoms with Gasteiger partial charge in [0.1, 0.15) is 5.75 Å². The predicted molar refractivity (Wildman–Crippen MR) is 154 cm³/mol. The lowest BCUT2D eigenvalue weighted by Gasteiger charge is -2.39. The van der Waals surface area contributed by atoms with Crippen molar-refractivity contribution < 1.29 is 9.90 Å². The van der Waals surface area contributed by atoms with Crippen molar-refractivity contribution in [1.82, 2.24) is 20.1 Å².